The third-order valence-electron chi connectivity index (χ3n) is 4.26. The molecule has 1 aromatic carbocycles. The molecule has 144 valence electrons. The molecule has 0 saturated heterocycles. The summed E-state index contributed by atoms with van der Waals surface area (Å²) in [6.45, 7) is 0.453. The Labute approximate surface area is 166 Å². The van der Waals surface area contributed by atoms with Crippen LogP contribution in [0.2, 0.25) is 0 Å². The van der Waals surface area contributed by atoms with Gasteiger partial charge < -0.3 is 15.0 Å². The van der Waals surface area contributed by atoms with E-state index < -0.39 is 0 Å². The lowest BCUT2D eigenvalue weighted by Crippen LogP contribution is -1.97. The fourth-order valence-corrected chi connectivity index (χ4v) is 2.81. The number of ether oxygens (including phenoxy) is 1. The summed E-state index contributed by atoms with van der Waals surface area (Å²) in [4.78, 5) is 8.17. The molecule has 0 unspecified atom stereocenters. The largest absolute Gasteiger partial charge is 0.473 e. The van der Waals surface area contributed by atoms with Gasteiger partial charge in [-0.05, 0) is 29.3 Å². The van der Waals surface area contributed by atoms with Gasteiger partial charge in [0.2, 0.25) is 5.88 Å². The van der Waals surface area contributed by atoms with Crippen LogP contribution in [0.1, 0.15) is 16.8 Å². The lowest BCUT2D eigenvalue weighted by atomic mass is 10.1. The minimum absolute atomic E-state index is 0.199. The van der Waals surface area contributed by atoms with E-state index in [1.54, 1.807) is 18.3 Å². The molecule has 0 aliphatic heterocycles. The minimum Gasteiger partial charge on any atom is -0.473 e. The summed E-state index contributed by atoms with van der Waals surface area (Å²) in [6, 6.07) is 18.8. The fourth-order valence-electron chi connectivity index (χ4n) is 2.81. The molecule has 4 rings (SSSR count). The van der Waals surface area contributed by atoms with Gasteiger partial charge in [-0.25, -0.2) is 15.5 Å². The van der Waals surface area contributed by atoms with Crippen molar-refractivity contribution < 1.29 is 9.26 Å². The van der Waals surface area contributed by atoms with Gasteiger partial charge in [0.05, 0.1) is 11.3 Å². The van der Waals surface area contributed by atoms with Crippen LogP contribution in [-0.2, 0) is 13.0 Å². The number of pyridine rings is 2. The lowest BCUT2D eigenvalue weighted by molar-refractivity contribution is 0.294. The Balaban J connectivity index is 1.42. The van der Waals surface area contributed by atoms with Crippen molar-refractivity contribution in [2.24, 2.45) is 5.11 Å². The predicted molar refractivity (Wildman–Crippen MR) is 107 cm³/mol. The second-order valence-electron chi connectivity index (χ2n) is 6.35. The molecule has 4 aromatic rings. The highest BCUT2D eigenvalue weighted by molar-refractivity contribution is 5.70. The number of aromatic nitrogens is 3. The van der Waals surface area contributed by atoms with Gasteiger partial charge in [0.25, 0.3) is 0 Å². The van der Waals surface area contributed by atoms with E-state index in [-0.39, 0.29) is 5.82 Å². The summed E-state index contributed by atoms with van der Waals surface area (Å²) < 4.78 is 11.1. The maximum atomic E-state index is 7.26. The zero-order valence-electron chi connectivity index (χ0n) is 15.4. The van der Waals surface area contributed by atoms with E-state index in [1.165, 1.54) is 0 Å². The monoisotopic (exact) mass is 386 g/mol. The predicted octanol–water partition coefficient (Wildman–Crippen LogP) is 4.55. The van der Waals surface area contributed by atoms with Crippen LogP contribution in [0.25, 0.3) is 11.3 Å². The first-order chi connectivity index (χ1) is 14.2. The summed E-state index contributed by atoms with van der Waals surface area (Å²) >= 11 is 0. The van der Waals surface area contributed by atoms with E-state index >= 15 is 0 Å². The molecule has 0 bridgehead atoms. The molecule has 8 nitrogen and oxygen atoms in total. The first kappa shape index (κ1) is 18.3. The lowest BCUT2D eigenvalue weighted by Gasteiger charge is -2.05. The summed E-state index contributed by atoms with van der Waals surface area (Å²) in [5, 5.41) is 7.52. The van der Waals surface area contributed by atoms with Crippen molar-refractivity contribution in [1.82, 2.24) is 15.1 Å². The Morgan fingerprint density at radius 1 is 1.03 bits per heavy atom. The van der Waals surface area contributed by atoms with Crippen LogP contribution in [0, 0.1) is 5.53 Å². The number of rotatable bonds is 7. The SMILES string of the molecule is N=Nc1nc(N)ccc1-c1cc(Cc2ccc(COc3ccccn3)cc2)no1. The average Bonchev–Trinajstić information content (AvgIpc) is 3.22. The molecule has 0 saturated carbocycles. The zero-order chi connectivity index (χ0) is 20.1. The molecule has 0 spiro atoms. The highest BCUT2D eigenvalue weighted by Crippen LogP contribution is 2.30. The van der Waals surface area contributed by atoms with Gasteiger partial charge >= 0.3 is 0 Å². The van der Waals surface area contributed by atoms with Gasteiger partial charge in [-0.1, -0.05) is 35.5 Å². The van der Waals surface area contributed by atoms with Crippen molar-refractivity contribution >= 4 is 11.6 Å². The van der Waals surface area contributed by atoms with Crippen molar-refractivity contribution in [2.75, 3.05) is 5.73 Å². The van der Waals surface area contributed by atoms with Crippen LogP contribution >= 0.6 is 0 Å². The number of nitrogen functional groups attached to an aromatic ring is 1. The normalized spacial score (nSPS) is 10.6. The van der Waals surface area contributed by atoms with Crippen LogP contribution in [0.15, 0.2) is 76.5 Å². The molecule has 8 heteroatoms. The van der Waals surface area contributed by atoms with Gasteiger partial charge in [-0.2, -0.15) is 0 Å². The molecule has 3 N–H and O–H groups in total. The molecule has 3 heterocycles. The number of anilines is 1. The van der Waals surface area contributed by atoms with Crippen molar-refractivity contribution in [1.29, 1.82) is 5.53 Å². The van der Waals surface area contributed by atoms with Crippen LogP contribution < -0.4 is 10.5 Å². The molecule has 0 fully saturated rings. The second-order valence-corrected chi connectivity index (χ2v) is 6.35. The van der Waals surface area contributed by atoms with E-state index in [2.05, 4.69) is 20.2 Å². The second kappa shape index (κ2) is 8.30. The summed E-state index contributed by atoms with van der Waals surface area (Å²) in [6.07, 6.45) is 2.31. The summed E-state index contributed by atoms with van der Waals surface area (Å²) in [5.74, 6) is 1.60. The van der Waals surface area contributed by atoms with Crippen molar-refractivity contribution in [3.8, 4) is 17.2 Å². The molecular weight excluding hydrogens is 368 g/mol. The topological polar surface area (TPSA) is 123 Å². The van der Waals surface area contributed by atoms with Crippen LogP contribution in [-0.4, -0.2) is 15.1 Å². The third kappa shape index (κ3) is 4.44. The number of hydrogen-bond donors (Lipinski definition) is 2. The van der Waals surface area contributed by atoms with E-state index in [0.717, 1.165) is 16.8 Å². The highest BCUT2D eigenvalue weighted by atomic mass is 16.5. The standard InChI is InChI=1S/C21H18N6O2/c22-19-9-8-17(21(25-19)26-23)18-12-16(27-29-18)11-14-4-6-15(7-5-14)13-28-20-3-1-2-10-24-20/h1-10,12,23H,11,13H2,(H2,22,25). The maximum absolute atomic E-state index is 7.26. The molecule has 29 heavy (non-hydrogen) atoms. The Bertz CT molecular complexity index is 1110. The van der Waals surface area contributed by atoms with Crippen LogP contribution in [0.5, 0.6) is 5.88 Å². The average molecular weight is 386 g/mol. The minimum atomic E-state index is 0.199. The van der Waals surface area contributed by atoms with Gasteiger partial charge in [0, 0.05) is 24.8 Å². The summed E-state index contributed by atoms with van der Waals surface area (Å²) in [5.41, 5.74) is 16.4. The smallest absolute Gasteiger partial charge is 0.213 e. The number of nitrogens with one attached hydrogen (secondary N) is 1. The molecule has 0 atom stereocenters. The van der Waals surface area contributed by atoms with Crippen LogP contribution in [0.4, 0.5) is 11.6 Å². The van der Waals surface area contributed by atoms with E-state index in [0.29, 0.717) is 36.0 Å². The van der Waals surface area contributed by atoms with E-state index in [4.69, 9.17) is 20.5 Å². The van der Waals surface area contributed by atoms with E-state index in [1.807, 2.05) is 48.5 Å². The molecule has 0 aliphatic rings. The Hall–Kier alpha value is -4.07. The molecule has 0 radical (unpaired) electrons. The molecule has 3 aromatic heterocycles. The Morgan fingerprint density at radius 2 is 1.86 bits per heavy atom. The van der Waals surface area contributed by atoms with Gasteiger partial charge in [0.15, 0.2) is 11.6 Å². The van der Waals surface area contributed by atoms with E-state index in [9.17, 15) is 0 Å². The highest BCUT2D eigenvalue weighted by Gasteiger charge is 2.13. The Morgan fingerprint density at radius 3 is 2.62 bits per heavy atom. The first-order valence-electron chi connectivity index (χ1n) is 8.93. The van der Waals surface area contributed by atoms with Gasteiger partial charge in [-0.3, -0.25) is 0 Å². The third-order valence-corrected chi connectivity index (χ3v) is 4.26. The molecule has 0 amide bonds. The van der Waals surface area contributed by atoms with Crippen LogP contribution in [0.3, 0.4) is 0 Å². The van der Waals surface area contributed by atoms with Gasteiger partial charge in [0.1, 0.15) is 12.4 Å². The number of nitrogens with two attached hydrogens (primary N) is 1. The molecule has 0 aliphatic carbocycles. The number of nitrogens with zero attached hydrogens (tertiary/aromatic N) is 4. The number of hydrogen-bond acceptors (Lipinski definition) is 8. The van der Waals surface area contributed by atoms with Crippen molar-refractivity contribution in [3.05, 3.63) is 83.7 Å². The quantitative estimate of drug-likeness (QED) is 0.449. The zero-order valence-corrected chi connectivity index (χ0v) is 15.4. The Kier molecular flexibility index (Phi) is 5.24. The van der Waals surface area contributed by atoms with Crippen molar-refractivity contribution in [2.45, 2.75) is 13.0 Å². The summed E-state index contributed by atoms with van der Waals surface area (Å²) in [7, 11) is 0. The number of benzene rings is 1. The van der Waals surface area contributed by atoms with Gasteiger partial charge in [-0.15, -0.1) is 5.11 Å². The fraction of sp³-hybridized carbons (Fsp3) is 0.0952. The molecular formula is C21H18N6O2. The first-order valence-corrected chi connectivity index (χ1v) is 8.93. The van der Waals surface area contributed by atoms with Crippen molar-refractivity contribution in [3.63, 3.8) is 0 Å². The maximum Gasteiger partial charge on any atom is 0.213 e.